The maximum atomic E-state index is 11.7. The molecule has 1 rings (SSSR count). The third-order valence-electron chi connectivity index (χ3n) is 3.78. The zero-order chi connectivity index (χ0) is 13.2. The molecule has 0 heterocycles. The van der Waals surface area contributed by atoms with Crippen molar-refractivity contribution < 1.29 is 4.79 Å². The number of carbonyl (C=O) groups excluding carboxylic acids is 1. The van der Waals surface area contributed by atoms with Crippen molar-refractivity contribution in [3.63, 3.8) is 0 Å². The summed E-state index contributed by atoms with van der Waals surface area (Å²) in [6.07, 6.45) is 10.00. The Morgan fingerprint density at radius 3 is 2.28 bits per heavy atom. The van der Waals surface area contributed by atoms with Gasteiger partial charge >= 0.3 is 0 Å². The summed E-state index contributed by atoms with van der Waals surface area (Å²) in [5.41, 5.74) is 0. The van der Waals surface area contributed by atoms with Crippen LogP contribution in [0.1, 0.15) is 71.6 Å². The molecule has 0 bridgehead atoms. The fourth-order valence-electron chi connectivity index (χ4n) is 2.63. The van der Waals surface area contributed by atoms with Crippen molar-refractivity contribution in [3.8, 4) is 0 Å². The molecular weight excluding hydrogens is 224 g/mol. The molecular formula is C15H30N2O. The van der Waals surface area contributed by atoms with Crippen LogP contribution in [0.2, 0.25) is 0 Å². The second kappa shape index (κ2) is 9.37. The zero-order valence-electron chi connectivity index (χ0n) is 12.1. The topological polar surface area (TPSA) is 41.1 Å². The lowest BCUT2D eigenvalue weighted by Crippen LogP contribution is -2.42. The first-order valence-electron chi connectivity index (χ1n) is 7.79. The molecule has 0 unspecified atom stereocenters. The lowest BCUT2D eigenvalue weighted by molar-refractivity contribution is -0.122. The smallest absolute Gasteiger partial charge is 0.220 e. The number of amides is 1. The van der Waals surface area contributed by atoms with E-state index in [2.05, 4.69) is 24.5 Å². The Labute approximate surface area is 112 Å². The van der Waals surface area contributed by atoms with Gasteiger partial charge in [0.2, 0.25) is 5.91 Å². The van der Waals surface area contributed by atoms with Crippen LogP contribution in [0.5, 0.6) is 0 Å². The van der Waals surface area contributed by atoms with E-state index in [1.807, 2.05) is 0 Å². The van der Waals surface area contributed by atoms with E-state index in [1.165, 1.54) is 32.1 Å². The number of carbonyl (C=O) groups is 1. The quantitative estimate of drug-likeness (QED) is 0.654. The summed E-state index contributed by atoms with van der Waals surface area (Å²) in [6, 6.07) is 1.11. The highest BCUT2D eigenvalue weighted by Gasteiger charge is 2.21. The third kappa shape index (κ3) is 6.39. The normalized spacial score (nSPS) is 23.9. The first-order chi connectivity index (χ1) is 8.76. The van der Waals surface area contributed by atoms with E-state index in [0.717, 1.165) is 25.8 Å². The van der Waals surface area contributed by atoms with Crippen LogP contribution in [0.25, 0.3) is 0 Å². The molecule has 0 spiro atoms. The monoisotopic (exact) mass is 254 g/mol. The Morgan fingerprint density at radius 2 is 1.67 bits per heavy atom. The molecule has 3 heteroatoms. The van der Waals surface area contributed by atoms with Crippen LogP contribution in [0.3, 0.4) is 0 Å². The van der Waals surface area contributed by atoms with Gasteiger partial charge in [0, 0.05) is 18.5 Å². The van der Waals surface area contributed by atoms with E-state index in [9.17, 15) is 4.79 Å². The van der Waals surface area contributed by atoms with Crippen LogP contribution in [0, 0.1) is 0 Å². The van der Waals surface area contributed by atoms with Gasteiger partial charge in [0.05, 0.1) is 0 Å². The molecule has 1 saturated carbocycles. The van der Waals surface area contributed by atoms with Crippen molar-refractivity contribution in [3.05, 3.63) is 0 Å². The minimum atomic E-state index is 0.258. The highest BCUT2D eigenvalue weighted by atomic mass is 16.1. The molecule has 1 amide bonds. The number of hydrogen-bond donors (Lipinski definition) is 2. The van der Waals surface area contributed by atoms with E-state index in [1.54, 1.807) is 0 Å². The SMILES string of the molecule is CCCCCC(=O)NC1CCC(NCCC)CC1. The van der Waals surface area contributed by atoms with Gasteiger partial charge in [0.25, 0.3) is 0 Å². The minimum absolute atomic E-state index is 0.258. The van der Waals surface area contributed by atoms with Gasteiger partial charge in [-0.25, -0.2) is 0 Å². The summed E-state index contributed by atoms with van der Waals surface area (Å²) >= 11 is 0. The van der Waals surface area contributed by atoms with Crippen LogP contribution in [0.15, 0.2) is 0 Å². The molecule has 1 aliphatic carbocycles. The number of rotatable bonds is 8. The summed E-state index contributed by atoms with van der Waals surface area (Å²) in [7, 11) is 0. The van der Waals surface area contributed by atoms with E-state index < -0.39 is 0 Å². The summed E-state index contributed by atoms with van der Waals surface area (Å²) in [5.74, 6) is 0.258. The average molecular weight is 254 g/mol. The Bertz CT molecular complexity index is 223. The summed E-state index contributed by atoms with van der Waals surface area (Å²) in [5, 5.41) is 6.76. The average Bonchev–Trinajstić information content (AvgIpc) is 2.38. The van der Waals surface area contributed by atoms with Gasteiger partial charge in [0.15, 0.2) is 0 Å². The molecule has 0 saturated heterocycles. The Kier molecular flexibility index (Phi) is 8.06. The fraction of sp³-hybridized carbons (Fsp3) is 0.933. The Balaban J connectivity index is 2.09. The van der Waals surface area contributed by atoms with Gasteiger partial charge in [-0.15, -0.1) is 0 Å². The predicted molar refractivity (Wildman–Crippen MR) is 76.6 cm³/mol. The van der Waals surface area contributed by atoms with Crippen LogP contribution in [0.4, 0.5) is 0 Å². The number of unbranched alkanes of at least 4 members (excludes halogenated alkanes) is 2. The zero-order valence-corrected chi connectivity index (χ0v) is 12.1. The van der Waals surface area contributed by atoms with Crippen molar-refractivity contribution in [2.75, 3.05) is 6.54 Å². The van der Waals surface area contributed by atoms with Gasteiger partial charge in [-0.2, -0.15) is 0 Å². The van der Waals surface area contributed by atoms with Gasteiger partial charge in [-0.3, -0.25) is 4.79 Å². The molecule has 1 aliphatic rings. The maximum Gasteiger partial charge on any atom is 0.220 e. The summed E-state index contributed by atoms with van der Waals surface area (Å²) in [6.45, 7) is 5.50. The minimum Gasteiger partial charge on any atom is -0.353 e. The predicted octanol–water partition coefficient (Wildman–Crippen LogP) is 2.99. The Morgan fingerprint density at radius 1 is 1.00 bits per heavy atom. The van der Waals surface area contributed by atoms with E-state index in [4.69, 9.17) is 0 Å². The molecule has 18 heavy (non-hydrogen) atoms. The summed E-state index contributed by atoms with van der Waals surface area (Å²) < 4.78 is 0. The van der Waals surface area contributed by atoms with Crippen LogP contribution >= 0.6 is 0 Å². The molecule has 3 nitrogen and oxygen atoms in total. The first kappa shape index (κ1) is 15.5. The van der Waals surface area contributed by atoms with Crippen LogP contribution in [-0.4, -0.2) is 24.5 Å². The van der Waals surface area contributed by atoms with Crippen molar-refractivity contribution in [2.45, 2.75) is 83.7 Å². The van der Waals surface area contributed by atoms with Crippen LogP contribution < -0.4 is 10.6 Å². The lowest BCUT2D eigenvalue weighted by Gasteiger charge is -2.29. The molecule has 106 valence electrons. The molecule has 0 aromatic heterocycles. The number of nitrogens with one attached hydrogen (secondary N) is 2. The summed E-state index contributed by atoms with van der Waals surface area (Å²) in [4.78, 5) is 11.7. The van der Waals surface area contributed by atoms with Gasteiger partial charge in [-0.1, -0.05) is 26.7 Å². The van der Waals surface area contributed by atoms with Crippen molar-refractivity contribution in [2.24, 2.45) is 0 Å². The van der Waals surface area contributed by atoms with E-state index >= 15 is 0 Å². The standard InChI is InChI=1S/C15H30N2O/c1-3-5-6-7-15(18)17-14-10-8-13(9-11-14)16-12-4-2/h13-14,16H,3-12H2,1-2H3,(H,17,18). The maximum absolute atomic E-state index is 11.7. The van der Waals surface area contributed by atoms with Crippen molar-refractivity contribution in [1.29, 1.82) is 0 Å². The highest BCUT2D eigenvalue weighted by Crippen LogP contribution is 2.18. The molecule has 0 radical (unpaired) electrons. The largest absolute Gasteiger partial charge is 0.353 e. The van der Waals surface area contributed by atoms with Gasteiger partial charge < -0.3 is 10.6 Å². The molecule has 1 fully saturated rings. The second-order valence-corrected chi connectivity index (χ2v) is 5.53. The van der Waals surface area contributed by atoms with Crippen molar-refractivity contribution >= 4 is 5.91 Å². The second-order valence-electron chi connectivity index (χ2n) is 5.53. The molecule has 2 N–H and O–H groups in total. The van der Waals surface area contributed by atoms with Gasteiger partial charge in [0.1, 0.15) is 0 Å². The molecule has 0 aromatic rings. The highest BCUT2D eigenvalue weighted by molar-refractivity contribution is 5.76. The first-order valence-corrected chi connectivity index (χ1v) is 7.79. The molecule has 0 aromatic carbocycles. The van der Waals surface area contributed by atoms with E-state index in [0.29, 0.717) is 18.5 Å². The van der Waals surface area contributed by atoms with Gasteiger partial charge in [-0.05, 0) is 45.1 Å². The molecule has 0 aliphatic heterocycles. The van der Waals surface area contributed by atoms with Crippen molar-refractivity contribution in [1.82, 2.24) is 10.6 Å². The molecule has 0 atom stereocenters. The fourth-order valence-corrected chi connectivity index (χ4v) is 2.63. The van der Waals surface area contributed by atoms with E-state index in [-0.39, 0.29) is 5.91 Å². The number of hydrogen-bond acceptors (Lipinski definition) is 2. The van der Waals surface area contributed by atoms with Crippen LogP contribution in [-0.2, 0) is 4.79 Å². The Hall–Kier alpha value is -0.570. The lowest BCUT2D eigenvalue weighted by atomic mass is 9.91. The third-order valence-corrected chi connectivity index (χ3v) is 3.78.